The fraction of sp³-hybridized carbons (Fsp3) is 0.481. The van der Waals surface area contributed by atoms with Crippen molar-refractivity contribution in [3.63, 3.8) is 0 Å². The van der Waals surface area contributed by atoms with Gasteiger partial charge >= 0.3 is 0 Å². The monoisotopic (exact) mass is 517 g/mol. The lowest BCUT2D eigenvalue weighted by Crippen LogP contribution is -2.50. The molecule has 0 bridgehead atoms. The number of rotatable bonds is 14. The molecular weight excluding hydrogens is 478 g/mol. The molecule has 0 aliphatic carbocycles. The molecule has 2 rings (SSSR count). The van der Waals surface area contributed by atoms with Gasteiger partial charge in [-0.2, -0.15) is 0 Å². The standard InChI is InChI=1S/C27H39N3O5S/c1-6-21(3)28-27(32)25(7-2)30(20-22-15-17-23(35-5)18-16-22)26(31)14-11-19-29(4)36(33,34)24-12-9-8-10-13-24/h8-10,12-13,15-18,21,25H,6-7,11,14,19-20H2,1-5H3,(H,28,32)/t21-,25+/m1/s1. The van der Waals surface area contributed by atoms with Gasteiger partial charge in [-0.1, -0.05) is 44.2 Å². The van der Waals surface area contributed by atoms with Crippen molar-refractivity contribution in [2.75, 3.05) is 20.7 Å². The molecule has 8 nitrogen and oxygen atoms in total. The number of nitrogens with zero attached hydrogens (tertiary/aromatic N) is 2. The predicted octanol–water partition coefficient (Wildman–Crippen LogP) is 3.82. The maximum Gasteiger partial charge on any atom is 0.243 e. The number of carbonyl (C=O) groups is 2. The molecule has 0 saturated carbocycles. The Morgan fingerprint density at radius 1 is 1.00 bits per heavy atom. The van der Waals surface area contributed by atoms with Crippen LogP contribution < -0.4 is 10.1 Å². The van der Waals surface area contributed by atoms with Crippen LogP contribution in [0.15, 0.2) is 59.5 Å². The minimum absolute atomic E-state index is 0.00123. The van der Waals surface area contributed by atoms with E-state index in [9.17, 15) is 18.0 Å². The third-order valence-corrected chi connectivity index (χ3v) is 8.09. The van der Waals surface area contributed by atoms with Gasteiger partial charge in [-0.05, 0) is 56.0 Å². The highest BCUT2D eigenvalue weighted by Crippen LogP contribution is 2.19. The zero-order valence-electron chi connectivity index (χ0n) is 21.9. The van der Waals surface area contributed by atoms with E-state index in [0.717, 1.165) is 12.0 Å². The first kappa shape index (κ1) is 29.3. The molecule has 0 spiro atoms. The molecule has 0 radical (unpaired) electrons. The Kier molecular flexibility index (Phi) is 11.4. The summed E-state index contributed by atoms with van der Waals surface area (Å²) in [6, 6.07) is 15.0. The highest BCUT2D eigenvalue weighted by molar-refractivity contribution is 7.89. The van der Waals surface area contributed by atoms with E-state index >= 15 is 0 Å². The molecule has 0 saturated heterocycles. The molecule has 2 aromatic carbocycles. The molecule has 2 aromatic rings. The number of benzene rings is 2. The van der Waals surface area contributed by atoms with Gasteiger partial charge < -0.3 is 15.0 Å². The number of carbonyl (C=O) groups excluding carboxylic acids is 2. The van der Waals surface area contributed by atoms with Crippen molar-refractivity contribution in [2.45, 2.75) is 70.0 Å². The van der Waals surface area contributed by atoms with Crippen LogP contribution in [0, 0.1) is 0 Å². The van der Waals surface area contributed by atoms with Gasteiger partial charge in [0.1, 0.15) is 11.8 Å². The average molecular weight is 518 g/mol. The van der Waals surface area contributed by atoms with Crippen LogP contribution in [0.5, 0.6) is 5.75 Å². The smallest absolute Gasteiger partial charge is 0.243 e. The second-order valence-electron chi connectivity index (χ2n) is 8.85. The number of ether oxygens (including phenoxy) is 1. The van der Waals surface area contributed by atoms with Crippen LogP contribution in [0.25, 0.3) is 0 Å². The minimum Gasteiger partial charge on any atom is -0.497 e. The molecule has 0 aromatic heterocycles. The van der Waals surface area contributed by atoms with Gasteiger partial charge in [0.25, 0.3) is 0 Å². The van der Waals surface area contributed by atoms with Crippen molar-refractivity contribution in [3.05, 3.63) is 60.2 Å². The number of hydrogen-bond donors (Lipinski definition) is 1. The van der Waals surface area contributed by atoms with Gasteiger partial charge in [0.15, 0.2) is 0 Å². The molecule has 0 fully saturated rings. The maximum absolute atomic E-state index is 13.4. The van der Waals surface area contributed by atoms with E-state index < -0.39 is 16.1 Å². The predicted molar refractivity (Wildman–Crippen MR) is 141 cm³/mol. The van der Waals surface area contributed by atoms with Gasteiger partial charge in [-0.3, -0.25) is 9.59 Å². The lowest BCUT2D eigenvalue weighted by molar-refractivity contribution is -0.141. The Bertz CT molecular complexity index is 1070. The van der Waals surface area contributed by atoms with Gasteiger partial charge in [0, 0.05) is 32.6 Å². The third kappa shape index (κ3) is 8.06. The molecule has 198 valence electrons. The molecule has 36 heavy (non-hydrogen) atoms. The normalized spacial score (nSPS) is 13.2. The van der Waals surface area contributed by atoms with E-state index in [4.69, 9.17) is 4.74 Å². The van der Waals surface area contributed by atoms with Crippen LogP contribution in [0.2, 0.25) is 0 Å². The van der Waals surface area contributed by atoms with Crippen LogP contribution in [0.3, 0.4) is 0 Å². The summed E-state index contributed by atoms with van der Waals surface area (Å²) in [5, 5.41) is 2.99. The highest BCUT2D eigenvalue weighted by atomic mass is 32.2. The van der Waals surface area contributed by atoms with Crippen molar-refractivity contribution in [3.8, 4) is 5.75 Å². The molecule has 0 aliphatic rings. The SMILES string of the molecule is CC[C@@H](C)NC(=O)[C@H](CC)N(Cc1ccc(OC)cc1)C(=O)CCCN(C)S(=O)(=O)c1ccccc1. The minimum atomic E-state index is -3.63. The Hall–Kier alpha value is -2.91. The Morgan fingerprint density at radius 2 is 1.64 bits per heavy atom. The van der Waals surface area contributed by atoms with Crippen molar-refractivity contribution >= 4 is 21.8 Å². The van der Waals surface area contributed by atoms with Gasteiger partial charge in [-0.15, -0.1) is 0 Å². The summed E-state index contributed by atoms with van der Waals surface area (Å²) in [6.45, 7) is 6.27. The fourth-order valence-electron chi connectivity index (χ4n) is 3.78. The van der Waals surface area contributed by atoms with Crippen molar-refractivity contribution < 1.29 is 22.7 Å². The largest absolute Gasteiger partial charge is 0.497 e. The van der Waals surface area contributed by atoms with E-state index in [1.165, 1.54) is 11.4 Å². The van der Waals surface area contributed by atoms with Crippen LogP contribution in [0.4, 0.5) is 0 Å². The molecular formula is C27H39N3O5S. The van der Waals surface area contributed by atoms with E-state index in [2.05, 4.69) is 5.32 Å². The Labute approximate surface area is 215 Å². The van der Waals surface area contributed by atoms with E-state index in [1.54, 1.807) is 42.3 Å². The summed E-state index contributed by atoms with van der Waals surface area (Å²) in [6.07, 6.45) is 1.71. The summed E-state index contributed by atoms with van der Waals surface area (Å²) in [5.74, 6) is 0.334. The van der Waals surface area contributed by atoms with Crippen LogP contribution >= 0.6 is 0 Å². The first-order valence-electron chi connectivity index (χ1n) is 12.4. The first-order chi connectivity index (χ1) is 17.1. The number of methoxy groups -OCH3 is 1. The molecule has 9 heteroatoms. The molecule has 0 aliphatic heterocycles. The van der Waals surface area contributed by atoms with Crippen LogP contribution in [-0.4, -0.2) is 62.2 Å². The summed E-state index contributed by atoms with van der Waals surface area (Å²) in [7, 11) is -0.531. The quantitative estimate of drug-likeness (QED) is 0.411. The highest BCUT2D eigenvalue weighted by Gasteiger charge is 2.29. The molecule has 2 atom stereocenters. The maximum atomic E-state index is 13.4. The van der Waals surface area contributed by atoms with Gasteiger partial charge in [0.05, 0.1) is 12.0 Å². The Morgan fingerprint density at radius 3 is 2.19 bits per heavy atom. The third-order valence-electron chi connectivity index (χ3n) is 6.21. The average Bonchev–Trinajstić information content (AvgIpc) is 2.89. The van der Waals surface area contributed by atoms with Gasteiger partial charge in [0.2, 0.25) is 21.8 Å². The number of amides is 2. The topological polar surface area (TPSA) is 96.0 Å². The summed E-state index contributed by atoms with van der Waals surface area (Å²) >= 11 is 0. The van der Waals surface area contributed by atoms with Crippen LogP contribution in [-0.2, 0) is 26.2 Å². The first-order valence-corrected chi connectivity index (χ1v) is 13.8. The molecule has 1 N–H and O–H groups in total. The van der Waals surface area contributed by atoms with E-state index in [-0.39, 0.29) is 42.3 Å². The number of hydrogen-bond acceptors (Lipinski definition) is 5. The molecule has 0 heterocycles. The van der Waals surface area contributed by atoms with Crippen molar-refractivity contribution in [1.29, 1.82) is 0 Å². The lowest BCUT2D eigenvalue weighted by Gasteiger charge is -2.31. The summed E-state index contributed by atoms with van der Waals surface area (Å²) in [4.78, 5) is 28.2. The second-order valence-corrected chi connectivity index (χ2v) is 10.9. The van der Waals surface area contributed by atoms with Crippen molar-refractivity contribution in [2.24, 2.45) is 0 Å². The molecule has 0 unspecified atom stereocenters. The van der Waals surface area contributed by atoms with Gasteiger partial charge in [-0.25, -0.2) is 12.7 Å². The number of nitrogens with one attached hydrogen (secondary N) is 1. The lowest BCUT2D eigenvalue weighted by atomic mass is 10.1. The van der Waals surface area contributed by atoms with Crippen molar-refractivity contribution in [1.82, 2.24) is 14.5 Å². The zero-order chi connectivity index (χ0) is 26.7. The second kappa shape index (κ2) is 14.0. The summed E-state index contributed by atoms with van der Waals surface area (Å²) in [5.41, 5.74) is 0.878. The van der Waals surface area contributed by atoms with E-state index in [0.29, 0.717) is 18.6 Å². The zero-order valence-corrected chi connectivity index (χ0v) is 22.8. The Balaban J connectivity index is 2.14. The van der Waals surface area contributed by atoms with E-state index in [1.807, 2.05) is 45.0 Å². The fourth-order valence-corrected chi connectivity index (χ4v) is 5.01. The van der Waals surface area contributed by atoms with Crippen LogP contribution in [0.1, 0.15) is 52.0 Å². The molecule has 2 amide bonds. The number of sulfonamides is 1. The summed E-state index contributed by atoms with van der Waals surface area (Å²) < 4.78 is 32.0.